The van der Waals surface area contributed by atoms with E-state index in [2.05, 4.69) is 21.7 Å². The molecule has 0 aliphatic rings. The molecule has 4 aromatic rings. The summed E-state index contributed by atoms with van der Waals surface area (Å²) in [6, 6.07) is 9.62. The third-order valence-electron chi connectivity index (χ3n) is 5.06. The van der Waals surface area contributed by atoms with E-state index in [1.165, 1.54) is 42.5 Å². The average molecular weight is 589 g/mol. The van der Waals surface area contributed by atoms with Crippen LogP contribution in [0, 0.1) is 24.1 Å². The molecule has 0 fully saturated rings. The van der Waals surface area contributed by atoms with Crippen molar-refractivity contribution in [1.82, 2.24) is 4.98 Å². The molecule has 2 heterocycles. The third-order valence-corrected chi connectivity index (χ3v) is 6.21. The number of thiazole rings is 1. The summed E-state index contributed by atoms with van der Waals surface area (Å²) in [5.41, 5.74) is 4.12. The maximum atomic E-state index is 13.6. The molecule has 1 amide bonds. The number of anilines is 3. The molecule has 0 aliphatic heterocycles. The Morgan fingerprint density at radius 1 is 1.36 bits per heavy atom. The molecule has 184 valence electrons. The average Bonchev–Trinajstić information content (AvgIpc) is 3.26. The summed E-state index contributed by atoms with van der Waals surface area (Å²) in [5.74, 6) is -0.470. The number of amides is 1. The largest absolute Gasteiger partial charge is 1.00 e. The van der Waals surface area contributed by atoms with Gasteiger partial charge in [0.1, 0.15) is 17.6 Å². The Morgan fingerprint density at radius 3 is 2.83 bits per heavy atom. The van der Waals surface area contributed by atoms with Crippen molar-refractivity contribution in [1.29, 1.82) is 5.26 Å². The van der Waals surface area contributed by atoms with Crippen LogP contribution in [-0.4, -0.2) is 18.0 Å². The predicted octanol–water partition coefficient (Wildman–Crippen LogP) is 2.51. The van der Waals surface area contributed by atoms with Crippen LogP contribution in [-0.2, 0) is 11.3 Å². The zero-order valence-corrected chi connectivity index (χ0v) is 22.3. The van der Waals surface area contributed by atoms with Crippen LogP contribution in [0.2, 0.25) is 5.02 Å². The van der Waals surface area contributed by atoms with Gasteiger partial charge in [0, 0.05) is 29.4 Å². The van der Waals surface area contributed by atoms with E-state index in [4.69, 9.17) is 16.3 Å². The summed E-state index contributed by atoms with van der Waals surface area (Å²) in [6.45, 7) is 2.58. The van der Waals surface area contributed by atoms with Gasteiger partial charge in [0.05, 0.1) is 39.5 Å². The number of fused-ring (bicyclic) bond motifs is 1. The highest BCUT2D eigenvalue weighted by Crippen LogP contribution is 2.36. The molecular formula is C25H20BrClFN5O2S. The number of benzene rings is 2. The topological polar surface area (TPSA) is 90.9 Å². The van der Waals surface area contributed by atoms with E-state index < -0.39 is 5.82 Å². The van der Waals surface area contributed by atoms with Gasteiger partial charge >= 0.3 is 0 Å². The Labute approximate surface area is 226 Å². The molecule has 2 aromatic heterocycles. The Bertz CT molecular complexity index is 1500. The van der Waals surface area contributed by atoms with Gasteiger partial charge in [0.25, 0.3) is 0 Å². The van der Waals surface area contributed by atoms with Gasteiger partial charge in [-0.15, -0.1) is 0 Å². The smallest absolute Gasteiger partial charge is 0.248 e. The highest BCUT2D eigenvalue weighted by atomic mass is 79.9. The fourth-order valence-electron chi connectivity index (χ4n) is 3.42. The van der Waals surface area contributed by atoms with Crippen LogP contribution in [0.4, 0.5) is 21.5 Å². The van der Waals surface area contributed by atoms with E-state index >= 15 is 0 Å². The van der Waals surface area contributed by atoms with Crippen LogP contribution in [0.25, 0.3) is 10.9 Å². The standard InChI is InChI=1S/C25H19ClFN5O2S.BrH/c1-15-13-32(14-35-15)7-3-4-24(33)31-22-9-18-21(10-23(22)34-2)29-12-16(11-28)25(18)30-17-5-6-20(27)19(26)8-17;/h3-6,8-10,12-14H,7H2,1-2H3,(H-,29,30,31,33);1H. The molecule has 0 saturated carbocycles. The lowest BCUT2D eigenvalue weighted by Crippen LogP contribution is -3.00. The van der Waals surface area contributed by atoms with E-state index in [-0.39, 0.29) is 33.5 Å². The third kappa shape index (κ3) is 6.18. The van der Waals surface area contributed by atoms with Crippen molar-refractivity contribution in [2.45, 2.75) is 13.5 Å². The van der Waals surface area contributed by atoms with E-state index in [1.807, 2.05) is 23.2 Å². The number of ether oxygens (including phenoxy) is 1. The summed E-state index contributed by atoms with van der Waals surface area (Å²) in [7, 11) is 1.49. The minimum Gasteiger partial charge on any atom is -1.00 e. The SMILES string of the molecule is COc1cc2ncc(C#N)c(Nc3ccc(F)c(Cl)c3)c2cc1NC(=O)C=CC[n+]1csc(C)c1.[Br-]. The second-order valence-corrected chi connectivity index (χ2v) is 9.03. The molecule has 0 unspecified atom stereocenters. The first-order chi connectivity index (χ1) is 16.9. The van der Waals surface area contributed by atoms with Gasteiger partial charge in [0.2, 0.25) is 11.4 Å². The Balaban J connectivity index is 0.00000361. The van der Waals surface area contributed by atoms with E-state index in [0.29, 0.717) is 40.3 Å². The van der Waals surface area contributed by atoms with E-state index in [1.54, 1.807) is 29.5 Å². The number of allylic oxidation sites excluding steroid dienone is 1. The van der Waals surface area contributed by atoms with Crippen LogP contribution in [0.3, 0.4) is 0 Å². The minimum atomic E-state index is -0.548. The first kappa shape index (κ1) is 27.1. The quantitative estimate of drug-likeness (QED) is 0.256. The number of halogens is 3. The number of nitrogens with zero attached hydrogens (tertiary/aromatic N) is 3. The number of nitriles is 1. The first-order valence-electron chi connectivity index (χ1n) is 10.4. The first-order valence-corrected chi connectivity index (χ1v) is 11.7. The lowest BCUT2D eigenvalue weighted by Gasteiger charge is -2.15. The molecule has 0 bridgehead atoms. The summed E-state index contributed by atoms with van der Waals surface area (Å²) in [6.07, 6.45) is 6.64. The number of aryl methyl sites for hydroxylation is 1. The maximum Gasteiger partial charge on any atom is 0.248 e. The normalized spacial score (nSPS) is 10.6. The predicted molar refractivity (Wildman–Crippen MR) is 135 cm³/mol. The number of pyridine rings is 1. The zero-order chi connectivity index (χ0) is 24.9. The summed E-state index contributed by atoms with van der Waals surface area (Å²) in [4.78, 5) is 18.1. The van der Waals surface area contributed by atoms with Crippen molar-refractivity contribution in [3.05, 3.63) is 81.7 Å². The molecule has 0 aliphatic carbocycles. The van der Waals surface area contributed by atoms with Crippen LogP contribution >= 0.6 is 22.9 Å². The number of carbonyl (C=O) groups is 1. The lowest BCUT2D eigenvalue weighted by molar-refractivity contribution is -0.682. The fourth-order valence-corrected chi connectivity index (χ4v) is 4.25. The lowest BCUT2D eigenvalue weighted by atomic mass is 10.1. The molecule has 7 nitrogen and oxygen atoms in total. The van der Waals surface area contributed by atoms with Gasteiger partial charge in [-0.25, -0.2) is 4.39 Å². The molecule has 0 saturated heterocycles. The van der Waals surface area contributed by atoms with E-state index in [9.17, 15) is 14.4 Å². The Morgan fingerprint density at radius 2 is 2.17 bits per heavy atom. The van der Waals surface area contributed by atoms with Crippen molar-refractivity contribution < 1.29 is 35.5 Å². The molecule has 0 atom stereocenters. The van der Waals surface area contributed by atoms with Crippen molar-refractivity contribution >= 4 is 56.8 Å². The molecule has 11 heteroatoms. The van der Waals surface area contributed by atoms with Gasteiger partial charge < -0.3 is 32.4 Å². The number of rotatable bonds is 7. The van der Waals surface area contributed by atoms with Crippen LogP contribution < -0.4 is 36.9 Å². The van der Waals surface area contributed by atoms with Crippen molar-refractivity contribution in [3.8, 4) is 11.8 Å². The van der Waals surface area contributed by atoms with Crippen LogP contribution in [0.1, 0.15) is 10.4 Å². The summed E-state index contributed by atoms with van der Waals surface area (Å²) in [5, 5.41) is 16.1. The van der Waals surface area contributed by atoms with Gasteiger partial charge in [-0.2, -0.15) is 9.83 Å². The van der Waals surface area contributed by atoms with Crippen LogP contribution in [0.5, 0.6) is 5.75 Å². The maximum absolute atomic E-state index is 13.6. The van der Waals surface area contributed by atoms with E-state index in [0.717, 1.165) is 0 Å². The van der Waals surface area contributed by atoms with Crippen molar-refractivity contribution in [3.63, 3.8) is 0 Å². The molecule has 0 spiro atoms. The highest BCUT2D eigenvalue weighted by molar-refractivity contribution is 7.09. The van der Waals surface area contributed by atoms with Crippen molar-refractivity contribution in [2.24, 2.45) is 0 Å². The molecule has 4 rings (SSSR count). The number of methoxy groups -OCH3 is 1. The number of hydrogen-bond donors (Lipinski definition) is 2. The number of nitrogens with one attached hydrogen (secondary N) is 2. The second kappa shape index (κ2) is 11.9. The van der Waals surface area contributed by atoms with Gasteiger partial charge in [-0.1, -0.05) is 22.9 Å². The highest BCUT2D eigenvalue weighted by Gasteiger charge is 2.15. The number of hydrogen-bond acceptors (Lipinski definition) is 6. The molecular weight excluding hydrogens is 569 g/mol. The monoisotopic (exact) mass is 587 g/mol. The molecule has 2 N–H and O–H groups in total. The Hall–Kier alpha value is -3.52. The number of carbonyl (C=O) groups excluding carboxylic acids is 1. The minimum absolute atomic E-state index is 0. The van der Waals surface area contributed by atoms with Gasteiger partial charge in [0.15, 0.2) is 12.7 Å². The summed E-state index contributed by atoms with van der Waals surface area (Å²) < 4.78 is 21.0. The van der Waals surface area contributed by atoms with Crippen LogP contribution in [0.15, 0.2) is 60.4 Å². The zero-order valence-electron chi connectivity index (χ0n) is 19.2. The fraction of sp³-hybridized carbons (Fsp3) is 0.120. The molecule has 0 radical (unpaired) electrons. The van der Waals surface area contributed by atoms with Gasteiger partial charge in [-0.05, 0) is 37.3 Å². The molecule has 2 aromatic carbocycles. The van der Waals surface area contributed by atoms with Gasteiger partial charge in [-0.3, -0.25) is 9.78 Å². The van der Waals surface area contributed by atoms with Crippen molar-refractivity contribution in [2.75, 3.05) is 17.7 Å². The summed E-state index contributed by atoms with van der Waals surface area (Å²) >= 11 is 7.54. The molecule has 36 heavy (non-hydrogen) atoms. The second-order valence-electron chi connectivity index (χ2n) is 7.53. The Kier molecular flexibility index (Phi) is 8.98. The number of aromatic nitrogens is 2.